The van der Waals surface area contributed by atoms with Gasteiger partial charge in [-0.05, 0) is 62.8 Å². The van der Waals surface area contributed by atoms with Crippen molar-refractivity contribution < 1.29 is 27.5 Å². The van der Waals surface area contributed by atoms with Crippen molar-refractivity contribution in [1.29, 1.82) is 0 Å². The van der Waals surface area contributed by atoms with Gasteiger partial charge in [0.25, 0.3) is 5.91 Å². The second-order valence-electron chi connectivity index (χ2n) is 8.32. The number of likely N-dealkylation sites (tertiary alicyclic amines) is 1. The zero-order chi connectivity index (χ0) is 21.7. The van der Waals surface area contributed by atoms with Gasteiger partial charge in [-0.25, -0.2) is 4.39 Å². The summed E-state index contributed by atoms with van der Waals surface area (Å²) in [5.74, 6) is -0.259. The Morgan fingerprint density at radius 1 is 1.17 bits per heavy atom. The SMILES string of the molecule is CC(O)(C(=O)N1CCC(C2(c3nnc(-c4ccc(F)cc4)[nH]3)CC2)CC1)C(F)(F)F. The number of alkyl halides is 3. The first-order valence-electron chi connectivity index (χ1n) is 9.82. The number of nitrogens with one attached hydrogen (secondary N) is 1. The van der Waals surface area contributed by atoms with Gasteiger partial charge < -0.3 is 15.0 Å². The molecular weight excluding hydrogens is 404 g/mol. The standard InChI is InChI=1S/C20H22F4N4O2/c1-18(30,20(22,23)24)17(29)28-10-6-13(7-11-28)19(8-9-19)16-25-15(26-27-16)12-2-4-14(21)5-3-12/h2-5,13,30H,6-11H2,1H3,(H,25,26,27). The monoisotopic (exact) mass is 426 g/mol. The number of carbonyl (C=O) groups is 1. The van der Waals surface area contributed by atoms with E-state index in [1.165, 1.54) is 12.1 Å². The number of benzene rings is 1. The molecule has 0 spiro atoms. The number of amides is 1. The van der Waals surface area contributed by atoms with Gasteiger partial charge in [-0.3, -0.25) is 4.79 Å². The van der Waals surface area contributed by atoms with Crippen LogP contribution in [0.15, 0.2) is 24.3 Å². The van der Waals surface area contributed by atoms with E-state index in [1.807, 2.05) is 0 Å². The summed E-state index contributed by atoms with van der Waals surface area (Å²) in [4.78, 5) is 16.5. The Morgan fingerprint density at radius 3 is 2.30 bits per heavy atom. The largest absolute Gasteiger partial charge is 0.426 e. The average Bonchev–Trinajstić information content (AvgIpc) is 3.37. The number of aliphatic hydroxyl groups is 1. The topological polar surface area (TPSA) is 82.1 Å². The molecule has 2 aromatic rings. The number of H-pyrrole nitrogens is 1. The summed E-state index contributed by atoms with van der Waals surface area (Å²) in [5, 5.41) is 18.1. The Hall–Kier alpha value is -2.49. The smallest absolute Gasteiger partial charge is 0.373 e. The number of carbonyl (C=O) groups excluding carboxylic acids is 1. The third kappa shape index (κ3) is 3.46. The van der Waals surface area contributed by atoms with Crippen LogP contribution in [0.25, 0.3) is 11.4 Å². The van der Waals surface area contributed by atoms with E-state index in [1.54, 1.807) is 12.1 Å². The molecule has 1 aliphatic carbocycles. The van der Waals surface area contributed by atoms with Crippen molar-refractivity contribution in [2.45, 2.75) is 49.8 Å². The Bertz CT molecular complexity index is 927. The van der Waals surface area contributed by atoms with E-state index in [9.17, 15) is 27.5 Å². The number of aromatic nitrogens is 3. The van der Waals surface area contributed by atoms with Gasteiger partial charge in [0.1, 0.15) is 11.6 Å². The van der Waals surface area contributed by atoms with E-state index in [-0.39, 0.29) is 30.2 Å². The summed E-state index contributed by atoms with van der Waals surface area (Å²) in [6.07, 6.45) is -2.22. The maximum Gasteiger partial charge on any atom is 0.426 e. The fourth-order valence-corrected chi connectivity index (χ4v) is 4.26. The number of piperidine rings is 1. The molecule has 1 unspecified atom stereocenters. The molecule has 1 aliphatic heterocycles. The van der Waals surface area contributed by atoms with Crippen molar-refractivity contribution in [3.05, 3.63) is 35.9 Å². The first kappa shape index (κ1) is 20.8. The van der Waals surface area contributed by atoms with Gasteiger partial charge in [0.15, 0.2) is 5.82 Å². The highest BCUT2D eigenvalue weighted by molar-refractivity contribution is 5.85. The van der Waals surface area contributed by atoms with Crippen LogP contribution in [0.5, 0.6) is 0 Å². The van der Waals surface area contributed by atoms with Crippen LogP contribution >= 0.6 is 0 Å². The van der Waals surface area contributed by atoms with Crippen LogP contribution in [0.4, 0.5) is 17.6 Å². The van der Waals surface area contributed by atoms with Gasteiger partial charge in [0.05, 0.1) is 0 Å². The summed E-state index contributed by atoms with van der Waals surface area (Å²) in [6, 6.07) is 5.89. The zero-order valence-corrected chi connectivity index (χ0v) is 16.3. The summed E-state index contributed by atoms with van der Waals surface area (Å²) < 4.78 is 52.0. The van der Waals surface area contributed by atoms with E-state index in [0.717, 1.165) is 17.7 Å². The number of nitrogens with zero attached hydrogens (tertiary/aromatic N) is 3. The molecule has 1 amide bonds. The molecule has 162 valence electrons. The van der Waals surface area contributed by atoms with E-state index >= 15 is 0 Å². The summed E-state index contributed by atoms with van der Waals surface area (Å²) in [6.45, 7) is 0.794. The lowest BCUT2D eigenvalue weighted by Crippen LogP contribution is -2.57. The number of aromatic amines is 1. The minimum absolute atomic E-state index is 0.145. The van der Waals surface area contributed by atoms with Crippen molar-refractivity contribution in [2.24, 2.45) is 5.92 Å². The van der Waals surface area contributed by atoms with Crippen molar-refractivity contribution in [1.82, 2.24) is 20.1 Å². The molecule has 1 saturated carbocycles. The maximum atomic E-state index is 13.1. The molecule has 0 bridgehead atoms. The molecular formula is C20H22F4N4O2. The first-order chi connectivity index (χ1) is 14.0. The van der Waals surface area contributed by atoms with Crippen molar-refractivity contribution in [2.75, 3.05) is 13.1 Å². The van der Waals surface area contributed by atoms with Crippen LogP contribution in [-0.4, -0.2) is 56.0 Å². The number of halogens is 4. The molecule has 30 heavy (non-hydrogen) atoms. The Kier molecular flexibility index (Phi) is 4.87. The summed E-state index contributed by atoms with van der Waals surface area (Å²) in [7, 11) is 0. The highest BCUT2D eigenvalue weighted by Gasteiger charge is 2.58. The van der Waals surface area contributed by atoms with Crippen LogP contribution in [-0.2, 0) is 10.2 Å². The second-order valence-corrected chi connectivity index (χ2v) is 8.32. The lowest BCUT2D eigenvalue weighted by atomic mass is 9.80. The highest BCUT2D eigenvalue weighted by atomic mass is 19.4. The van der Waals surface area contributed by atoms with Crippen LogP contribution in [0, 0.1) is 11.7 Å². The molecule has 2 aliphatic rings. The predicted molar refractivity (Wildman–Crippen MR) is 98.7 cm³/mol. The molecule has 2 heterocycles. The van der Waals surface area contributed by atoms with Gasteiger partial charge in [0, 0.05) is 24.1 Å². The lowest BCUT2D eigenvalue weighted by molar-refractivity contribution is -0.250. The van der Waals surface area contributed by atoms with Gasteiger partial charge in [-0.2, -0.15) is 13.2 Å². The first-order valence-corrected chi connectivity index (χ1v) is 9.82. The zero-order valence-electron chi connectivity index (χ0n) is 16.3. The van der Waals surface area contributed by atoms with Gasteiger partial charge in [-0.15, -0.1) is 10.2 Å². The van der Waals surface area contributed by atoms with Gasteiger partial charge in [-0.1, -0.05) is 0 Å². The molecule has 4 rings (SSSR count). The molecule has 2 fully saturated rings. The Labute approximate surface area is 170 Å². The van der Waals surface area contributed by atoms with Crippen LogP contribution < -0.4 is 0 Å². The molecule has 0 radical (unpaired) electrons. The Morgan fingerprint density at radius 2 is 1.77 bits per heavy atom. The minimum Gasteiger partial charge on any atom is -0.373 e. The maximum absolute atomic E-state index is 13.1. The van der Waals surface area contributed by atoms with Gasteiger partial charge in [0.2, 0.25) is 5.60 Å². The third-order valence-corrected chi connectivity index (χ3v) is 6.40. The molecule has 6 nitrogen and oxygen atoms in total. The van der Waals surface area contributed by atoms with Crippen LogP contribution in [0.2, 0.25) is 0 Å². The fraction of sp³-hybridized carbons (Fsp3) is 0.550. The second kappa shape index (κ2) is 7.04. The Balaban J connectivity index is 1.44. The summed E-state index contributed by atoms with van der Waals surface area (Å²) in [5.41, 5.74) is -2.90. The number of rotatable bonds is 4. The van der Waals surface area contributed by atoms with E-state index in [0.29, 0.717) is 37.0 Å². The number of hydrogen-bond donors (Lipinski definition) is 2. The van der Waals surface area contributed by atoms with Crippen LogP contribution in [0.3, 0.4) is 0 Å². The predicted octanol–water partition coefficient (Wildman–Crippen LogP) is 3.19. The molecule has 1 aromatic heterocycles. The van der Waals surface area contributed by atoms with Crippen molar-refractivity contribution in [3.63, 3.8) is 0 Å². The van der Waals surface area contributed by atoms with Gasteiger partial charge >= 0.3 is 6.18 Å². The van der Waals surface area contributed by atoms with Crippen molar-refractivity contribution in [3.8, 4) is 11.4 Å². The summed E-state index contributed by atoms with van der Waals surface area (Å²) >= 11 is 0. The fourth-order valence-electron chi connectivity index (χ4n) is 4.26. The van der Waals surface area contributed by atoms with E-state index < -0.39 is 17.7 Å². The normalized spacial score (nSPS) is 21.3. The third-order valence-electron chi connectivity index (χ3n) is 6.40. The highest BCUT2D eigenvalue weighted by Crippen LogP contribution is 2.56. The molecule has 1 aromatic carbocycles. The molecule has 2 N–H and O–H groups in total. The molecule has 1 atom stereocenters. The van der Waals surface area contributed by atoms with E-state index in [4.69, 9.17) is 0 Å². The average molecular weight is 426 g/mol. The quantitative estimate of drug-likeness (QED) is 0.736. The lowest BCUT2D eigenvalue weighted by Gasteiger charge is -2.38. The minimum atomic E-state index is -5.02. The van der Waals surface area contributed by atoms with E-state index in [2.05, 4.69) is 15.2 Å². The van der Waals surface area contributed by atoms with Crippen LogP contribution in [0.1, 0.15) is 38.4 Å². The number of hydrogen-bond acceptors (Lipinski definition) is 4. The molecule has 1 saturated heterocycles. The molecule has 10 heteroatoms. The van der Waals surface area contributed by atoms with Crippen molar-refractivity contribution >= 4 is 5.91 Å².